The smallest absolute Gasteiger partial charge is 0.124 e. The van der Waals surface area contributed by atoms with E-state index in [4.69, 9.17) is 0 Å². The van der Waals surface area contributed by atoms with Crippen molar-refractivity contribution in [1.29, 1.82) is 0 Å². The predicted molar refractivity (Wildman–Crippen MR) is 48.7 cm³/mol. The molecule has 0 aromatic rings. The van der Waals surface area contributed by atoms with Gasteiger partial charge in [-0.3, -0.25) is 0 Å². The van der Waals surface area contributed by atoms with Crippen molar-refractivity contribution in [3.8, 4) is 0 Å². The minimum atomic E-state index is 0.257. The summed E-state index contributed by atoms with van der Waals surface area (Å²) >= 11 is 1.84. The Morgan fingerprint density at radius 3 is 3.00 bits per heavy atom. The standard InChI is InChI=1S/C8H15NOS/c1-11-8-4-2-3-7(6-10)5-9-8/h6-9H,2-5H2,1H3. The highest BCUT2D eigenvalue weighted by molar-refractivity contribution is 7.99. The van der Waals surface area contributed by atoms with Crippen molar-refractivity contribution < 1.29 is 4.79 Å². The van der Waals surface area contributed by atoms with Crippen LogP contribution in [0.2, 0.25) is 0 Å². The quantitative estimate of drug-likeness (QED) is 0.637. The van der Waals surface area contributed by atoms with Gasteiger partial charge in [-0.25, -0.2) is 0 Å². The molecule has 64 valence electrons. The van der Waals surface area contributed by atoms with Gasteiger partial charge in [-0.1, -0.05) is 6.42 Å². The first-order valence-electron chi connectivity index (χ1n) is 4.08. The summed E-state index contributed by atoms with van der Waals surface area (Å²) in [5.74, 6) is 0.257. The Morgan fingerprint density at radius 2 is 2.36 bits per heavy atom. The number of carbonyl (C=O) groups is 1. The van der Waals surface area contributed by atoms with Gasteiger partial charge in [0, 0.05) is 12.5 Å². The van der Waals surface area contributed by atoms with Crippen LogP contribution in [0.25, 0.3) is 0 Å². The van der Waals surface area contributed by atoms with E-state index in [1.165, 1.54) is 12.8 Å². The van der Waals surface area contributed by atoms with Gasteiger partial charge in [0.05, 0.1) is 5.37 Å². The fourth-order valence-electron chi connectivity index (χ4n) is 1.37. The molecule has 1 N–H and O–H groups in total. The maximum atomic E-state index is 10.5. The molecule has 0 spiro atoms. The normalized spacial score (nSPS) is 32.8. The molecule has 0 bridgehead atoms. The SMILES string of the molecule is CSC1CCCC(C=O)CN1. The second-order valence-corrected chi connectivity index (χ2v) is 4.00. The van der Waals surface area contributed by atoms with Crippen LogP contribution in [-0.2, 0) is 4.79 Å². The molecule has 2 nitrogen and oxygen atoms in total. The second-order valence-electron chi connectivity index (χ2n) is 2.96. The fourth-order valence-corrected chi connectivity index (χ4v) is 2.03. The minimum absolute atomic E-state index is 0.257. The van der Waals surface area contributed by atoms with Crippen molar-refractivity contribution in [2.24, 2.45) is 5.92 Å². The molecular weight excluding hydrogens is 158 g/mol. The van der Waals surface area contributed by atoms with E-state index >= 15 is 0 Å². The van der Waals surface area contributed by atoms with Crippen molar-refractivity contribution in [1.82, 2.24) is 5.32 Å². The van der Waals surface area contributed by atoms with Crippen LogP contribution in [-0.4, -0.2) is 24.5 Å². The van der Waals surface area contributed by atoms with Gasteiger partial charge < -0.3 is 10.1 Å². The van der Waals surface area contributed by atoms with Gasteiger partial charge in [0.15, 0.2) is 0 Å². The van der Waals surface area contributed by atoms with Crippen LogP contribution in [0.1, 0.15) is 19.3 Å². The first-order chi connectivity index (χ1) is 5.36. The summed E-state index contributed by atoms with van der Waals surface area (Å²) in [4.78, 5) is 10.5. The van der Waals surface area contributed by atoms with Gasteiger partial charge in [-0.2, -0.15) is 0 Å². The van der Waals surface area contributed by atoms with Gasteiger partial charge in [0.25, 0.3) is 0 Å². The average Bonchev–Trinajstić information content (AvgIpc) is 2.28. The molecule has 2 atom stereocenters. The van der Waals surface area contributed by atoms with E-state index < -0.39 is 0 Å². The summed E-state index contributed by atoms with van der Waals surface area (Å²) in [5, 5.41) is 3.93. The highest BCUT2D eigenvalue weighted by Gasteiger charge is 2.15. The summed E-state index contributed by atoms with van der Waals surface area (Å²) in [6, 6.07) is 0. The summed E-state index contributed by atoms with van der Waals surface area (Å²) < 4.78 is 0. The number of aldehydes is 1. The van der Waals surface area contributed by atoms with Crippen LogP contribution < -0.4 is 5.32 Å². The number of rotatable bonds is 2. The van der Waals surface area contributed by atoms with Crippen molar-refractivity contribution in [3.63, 3.8) is 0 Å². The Kier molecular flexibility index (Phi) is 3.94. The summed E-state index contributed by atoms with van der Waals surface area (Å²) in [7, 11) is 0. The molecular formula is C8H15NOS. The molecule has 0 aliphatic carbocycles. The molecule has 0 amide bonds. The van der Waals surface area contributed by atoms with Crippen molar-refractivity contribution >= 4 is 18.0 Å². The van der Waals surface area contributed by atoms with Crippen LogP contribution in [0.4, 0.5) is 0 Å². The van der Waals surface area contributed by atoms with E-state index in [0.717, 1.165) is 19.3 Å². The first-order valence-corrected chi connectivity index (χ1v) is 5.37. The van der Waals surface area contributed by atoms with E-state index in [1.807, 2.05) is 11.8 Å². The van der Waals surface area contributed by atoms with Crippen LogP contribution >= 0.6 is 11.8 Å². The van der Waals surface area contributed by atoms with E-state index in [1.54, 1.807) is 0 Å². The van der Waals surface area contributed by atoms with E-state index in [9.17, 15) is 4.79 Å². The van der Waals surface area contributed by atoms with Crippen molar-refractivity contribution in [2.75, 3.05) is 12.8 Å². The van der Waals surface area contributed by atoms with Crippen molar-refractivity contribution in [2.45, 2.75) is 24.6 Å². The lowest BCUT2D eigenvalue weighted by molar-refractivity contribution is -0.111. The second kappa shape index (κ2) is 4.78. The van der Waals surface area contributed by atoms with Crippen LogP contribution in [0.3, 0.4) is 0 Å². The zero-order valence-electron chi connectivity index (χ0n) is 6.88. The maximum Gasteiger partial charge on any atom is 0.124 e. The molecule has 0 radical (unpaired) electrons. The highest BCUT2D eigenvalue weighted by Crippen LogP contribution is 2.18. The van der Waals surface area contributed by atoms with E-state index in [0.29, 0.717) is 5.37 Å². The Hall–Kier alpha value is -0.0200. The third kappa shape index (κ3) is 2.83. The molecule has 1 rings (SSSR count). The molecule has 1 aliphatic rings. The lowest BCUT2D eigenvalue weighted by Crippen LogP contribution is -2.28. The zero-order chi connectivity index (χ0) is 8.10. The third-order valence-electron chi connectivity index (χ3n) is 2.13. The Bertz CT molecular complexity index is 129. The fraction of sp³-hybridized carbons (Fsp3) is 0.875. The molecule has 2 unspecified atom stereocenters. The zero-order valence-corrected chi connectivity index (χ0v) is 7.69. The number of hydrogen-bond donors (Lipinski definition) is 1. The van der Waals surface area contributed by atoms with Gasteiger partial charge >= 0.3 is 0 Å². The highest BCUT2D eigenvalue weighted by atomic mass is 32.2. The molecule has 1 aliphatic heterocycles. The topological polar surface area (TPSA) is 29.1 Å². The molecule has 0 saturated carbocycles. The first kappa shape index (κ1) is 9.07. The number of carbonyl (C=O) groups excluding carboxylic acids is 1. The number of hydrogen-bond acceptors (Lipinski definition) is 3. The molecule has 0 aromatic heterocycles. The number of nitrogens with one attached hydrogen (secondary N) is 1. The van der Waals surface area contributed by atoms with Crippen LogP contribution in [0.15, 0.2) is 0 Å². The summed E-state index contributed by atoms with van der Waals surface area (Å²) in [5.41, 5.74) is 0. The number of thioether (sulfide) groups is 1. The molecule has 1 heterocycles. The molecule has 0 aromatic carbocycles. The molecule has 11 heavy (non-hydrogen) atoms. The summed E-state index contributed by atoms with van der Waals surface area (Å²) in [6.45, 7) is 0.870. The largest absolute Gasteiger partial charge is 0.305 e. The lowest BCUT2D eigenvalue weighted by atomic mass is 10.1. The monoisotopic (exact) mass is 173 g/mol. The van der Waals surface area contributed by atoms with Crippen LogP contribution in [0.5, 0.6) is 0 Å². The minimum Gasteiger partial charge on any atom is -0.305 e. The van der Waals surface area contributed by atoms with E-state index in [-0.39, 0.29) is 5.92 Å². The maximum absolute atomic E-state index is 10.5. The predicted octanol–water partition coefficient (Wildman–Crippen LogP) is 1.26. The third-order valence-corrected chi connectivity index (χ3v) is 3.10. The van der Waals surface area contributed by atoms with Crippen LogP contribution in [0, 0.1) is 5.92 Å². The van der Waals surface area contributed by atoms with Crippen molar-refractivity contribution in [3.05, 3.63) is 0 Å². The lowest BCUT2D eigenvalue weighted by Gasteiger charge is -2.12. The molecule has 1 saturated heterocycles. The molecule has 1 fully saturated rings. The van der Waals surface area contributed by atoms with Gasteiger partial charge in [0.1, 0.15) is 6.29 Å². The van der Waals surface area contributed by atoms with E-state index in [2.05, 4.69) is 11.6 Å². The Balaban J connectivity index is 2.32. The van der Waals surface area contributed by atoms with Gasteiger partial charge in [0.2, 0.25) is 0 Å². The summed E-state index contributed by atoms with van der Waals surface area (Å²) in [6.07, 6.45) is 6.63. The van der Waals surface area contributed by atoms with Gasteiger partial charge in [-0.05, 0) is 19.1 Å². The Labute approximate surface area is 72.1 Å². The molecule has 3 heteroatoms. The Morgan fingerprint density at radius 1 is 1.55 bits per heavy atom. The average molecular weight is 173 g/mol. The van der Waals surface area contributed by atoms with Gasteiger partial charge in [-0.15, -0.1) is 11.8 Å².